The molecule has 0 bridgehead atoms. The molecule has 0 amide bonds. The number of phenols is 1. The number of aromatic nitrogens is 1. The highest BCUT2D eigenvalue weighted by Gasteiger charge is 2.35. The van der Waals surface area contributed by atoms with Crippen LogP contribution >= 0.6 is 0 Å². The monoisotopic (exact) mass is 425 g/mol. The van der Waals surface area contributed by atoms with Crippen LogP contribution in [-0.2, 0) is 12.0 Å². The lowest BCUT2D eigenvalue weighted by Crippen LogP contribution is -2.29. The molecule has 0 atom stereocenters. The van der Waals surface area contributed by atoms with Crippen molar-refractivity contribution in [3.8, 4) is 33.9 Å². The molecule has 1 aliphatic rings. The van der Waals surface area contributed by atoms with E-state index in [1.807, 2.05) is 12.1 Å². The van der Waals surface area contributed by atoms with Crippen molar-refractivity contribution in [1.29, 1.82) is 0 Å². The van der Waals surface area contributed by atoms with Gasteiger partial charge in [-0.3, -0.25) is 0 Å². The third-order valence-electron chi connectivity index (χ3n) is 6.65. The van der Waals surface area contributed by atoms with Gasteiger partial charge in [-0.1, -0.05) is 61.7 Å². The molecule has 0 radical (unpaired) electrons. The fourth-order valence-corrected chi connectivity index (χ4v) is 5.03. The molecule has 32 heavy (non-hydrogen) atoms. The van der Waals surface area contributed by atoms with Gasteiger partial charge in [0.15, 0.2) is 0 Å². The summed E-state index contributed by atoms with van der Waals surface area (Å²) in [6.07, 6.45) is 4.32. The molecule has 4 aromatic rings. The van der Waals surface area contributed by atoms with Gasteiger partial charge in [0.2, 0.25) is 0 Å². The highest BCUT2D eigenvalue weighted by Crippen LogP contribution is 2.53. The minimum Gasteiger partial charge on any atom is -0.506 e. The third kappa shape index (κ3) is 3.37. The second kappa shape index (κ2) is 7.74. The second-order valence-corrected chi connectivity index (χ2v) is 9.52. The zero-order valence-corrected chi connectivity index (χ0v) is 19.4. The summed E-state index contributed by atoms with van der Waals surface area (Å²) >= 11 is 0. The van der Waals surface area contributed by atoms with E-state index in [-0.39, 0.29) is 0 Å². The van der Waals surface area contributed by atoms with Crippen molar-refractivity contribution in [2.45, 2.75) is 59.0 Å². The van der Waals surface area contributed by atoms with Crippen LogP contribution < -0.4 is 4.74 Å². The molecule has 2 heterocycles. The van der Waals surface area contributed by atoms with Gasteiger partial charge < -0.3 is 14.8 Å². The van der Waals surface area contributed by atoms with E-state index in [0.29, 0.717) is 5.75 Å². The maximum absolute atomic E-state index is 11.8. The first-order valence-electron chi connectivity index (χ1n) is 11.7. The Hall–Kier alpha value is -3.20. The molecule has 0 saturated heterocycles. The van der Waals surface area contributed by atoms with Crippen LogP contribution in [0.5, 0.6) is 11.5 Å². The van der Waals surface area contributed by atoms with Gasteiger partial charge in [-0.05, 0) is 62.9 Å². The summed E-state index contributed by atoms with van der Waals surface area (Å²) in [6.45, 7) is 8.51. The van der Waals surface area contributed by atoms with Crippen LogP contribution in [0.2, 0.25) is 0 Å². The zero-order chi connectivity index (χ0) is 22.5. The van der Waals surface area contributed by atoms with Crippen LogP contribution in [0.3, 0.4) is 0 Å². The normalized spacial score (nSPS) is 14.1. The van der Waals surface area contributed by atoms with E-state index in [2.05, 4.69) is 75.1 Å². The number of fused-ring (bicyclic) bond motifs is 4. The first-order chi connectivity index (χ1) is 15.4. The van der Waals surface area contributed by atoms with Gasteiger partial charge in [0.05, 0.1) is 11.3 Å². The first kappa shape index (κ1) is 20.7. The molecule has 2 N–H and O–H groups in total. The second-order valence-electron chi connectivity index (χ2n) is 9.52. The van der Waals surface area contributed by atoms with Crippen LogP contribution in [0.4, 0.5) is 0 Å². The maximum atomic E-state index is 11.8. The first-order valence-corrected chi connectivity index (χ1v) is 11.7. The molecule has 3 heteroatoms. The Labute approximate surface area is 190 Å². The molecule has 1 aromatic heterocycles. The minimum absolute atomic E-state index is 0.308. The zero-order valence-electron chi connectivity index (χ0n) is 19.4. The van der Waals surface area contributed by atoms with Gasteiger partial charge in [-0.2, -0.15) is 0 Å². The highest BCUT2D eigenvalue weighted by atomic mass is 16.5. The molecule has 0 saturated carbocycles. The Balaban J connectivity index is 1.77. The third-order valence-corrected chi connectivity index (χ3v) is 6.65. The molecule has 1 aliphatic heterocycles. The number of hydrogen-bond acceptors (Lipinski definition) is 2. The van der Waals surface area contributed by atoms with E-state index in [1.54, 1.807) is 0 Å². The predicted octanol–water partition coefficient (Wildman–Crippen LogP) is 7.88. The topological polar surface area (TPSA) is 45.2 Å². The van der Waals surface area contributed by atoms with Crippen LogP contribution in [-0.4, -0.2) is 10.1 Å². The summed E-state index contributed by atoms with van der Waals surface area (Å²) in [5, 5.41) is 12.9. The number of hydrogen-bond donors (Lipinski definition) is 2. The summed E-state index contributed by atoms with van der Waals surface area (Å²) in [5.74, 6) is 1.08. The van der Waals surface area contributed by atoms with Crippen LogP contribution in [0.1, 0.15) is 56.7 Å². The summed E-state index contributed by atoms with van der Waals surface area (Å²) < 4.78 is 6.49. The van der Waals surface area contributed by atoms with E-state index in [0.717, 1.165) is 69.4 Å². The van der Waals surface area contributed by atoms with Gasteiger partial charge >= 0.3 is 0 Å². The van der Waals surface area contributed by atoms with Crippen molar-refractivity contribution < 1.29 is 9.84 Å². The van der Waals surface area contributed by atoms with Gasteiger partial charge in [0, 0.05) is 22.0 Å². The molecule has 0 aliphatic carbocycles. The Bertz CT molecular complexity index is 1280. The number of para-hydroxylation sites is 1. The van der Waals surface area contributed by atoms with Gasteiger partial charge in [-0.15, -0.1) is 0 Å². The number of benzene rings is 3. The average molecular weight is 426 g/mol. The van der Waals surface area contributed by atoms with E-state index < -0.39 is 5.60 Å². The smallest absolute Gasteiger partial charge is 0.136 e. The average Bonchev–Trinajstić information content (AvgIpc) is 3.16. The molecule has 5 rings (SSSR count). The number of unbranched alkanes of at least 4 members (excludes halogenated alkanes) is 2. The van der Waals surface area contributed by atoms with Crippen LogP contribution in [0, 0.1) is 6.92 Å². The number of aryl methyl sites for hydroxylation is 2. The Morgan fingerprint density at radius 3 is 2.56 bits per heavy atom. The molecule has 3 aromatic carbocycles. The summed E-state index contributed by atoms with van der Waals surface area (Å²) in [5.41, 5.74) is 7.75. The van der Waals surface area contributed by atoms with Crippen LogP contribution in [0.15, 0.2) is 54.6 Å². The van der Waals surface area contributed by atoms with E-state index in [9.17, 15) is 5.11 Å². The van der Waals surface area contributed by atoms with Gasteiger partial charge in [-0.25, -0.2) is 0 Å². The maximum Gasteiger partial charge on any atom is 0.136 e. The number of nitrogens with one attached hydrogen (secondary N) is 1. The lowest BCUT2D eigenvalue weighted by Gasteiger charge is -2.36. The van der Waals surface area contributed by atoms with Crippen LogP contribution in [0.25, 0.3) is 33.3 Å². The van der Waals surface area contributed by atoms with E-state index >= 15 is 0 Å². The largest absolute Gasteiger partial charge is 0.506 e. The molecule has 0 fully saturated rings. The number of H-pyrrole nitrogens is 1. The molecular weight excluding hydrogens is 394 g/mol. The minimum atomic E-state index is -0.453. The number of ether oxygens (including phenoxy) is 1. The van der Waals surface area contributed by atoms with Crippen molar-refractivity contribution in [2.24, 2.45) is 0 Å². The van der Waals surface area contributed by atoms with E-state index in [4.69, 9.17) is 4.74 Å². The number of aromatic amines is 1. The van der Waals surface area contributed by atoms with Crippen molar-refractivity contribution in [2.75, 3.05) is 0 Å². The fourth-order valence-electron chi connectivity index (χ4n) is 5.03. The standard InChI is InChI=1S/C29H31NO2/c1-5-6-7-11-20-17-25-27(21-15-18(2)13-14-22(21)29(3,4)32-25)28(31)26(20)24-16-19-10-8-9-12-23(19)30-24/h8-10,12-17,30-31H,5-7,11H2,1-4H3. The fraction of sp³-hybridized carbons (Fsp3) is 0.310. The number of phenolic OH excluding ortho intramolecular Hbond substituents is 1. The van der Waals surface area contributed by atoms with Gasteiger partial charge in [0.25, 0.3) is 0 Å². The van der Waals surface area contributed by atoms with Crippen molar-refractivity contribution in [3.63, 3.8) is 0 Å². The van der Waals surface area contributed by atoms with Crippen molar-refractivity contribution in [3.05, 3.63) is 71.3 Å². The summed E-state index contributed by atoms with van der Waals surface area (Å²) in [7, 11) is 0. The summed E-state index contributed by atoms with van der Waals surface area (Å²) in [4.78, 5) is 3.54. The Morgan fingerprint density at radius 1 is 0.969 bits per heavy atom. The highest BCUT2D eigenvalue weighted by molar-refractivity contribution is 5.93. The van der Waals surface area contributed by atoms with Crippen molar-refractivity contribution in [1.82, 2.24) is 4.98 Å². The SMILES string of the molecule is CCCCCc1cc2c(c(O)c1-c1cc3ccccc3[nH]1)-c1cc(C)ccc1C(C)(C)O2. The van der Waals surface area contributed by atoms with Crippen molar-refractivity contribution >= 4 is 10.9 Å². The number of rotatable bonds is 5. The lowest BCUT2D eigenvalue weighted by molar-refractivity contribution is 0.105. The quantitative estimate of drug-likeness (QED) is 0.319. The molecule has 0 unspecified atom stereocenters. The molecule has 3 nitrogen and oxygen atoms in total. The molecule has 164 valence electrons. The summed E-state index contributed by atoms with van der Waals surface area (Å²) in [6, 6.07) is 19.0. The Morgan fingerprint density at radius 2 is 1.78 bits per heavy atom. The predicted molar refractivity (Wildman–Crippen MR) is 132 cm³/mol. The molecular formula is C29H31NO2. The Kier molecular flexibility index (Phi) is 5.00. The molecule has 0 spiro atoms. The lowest BCUT2D eigenvalue weighted by atomic mass is 9.82. The van der Waals surface area contributed by atoms with E-state index in [1.165, 1.54) is 12.0 Å². The number of aromatic hydroxyl groups is 1. The van der Waals surface area contributed by atoms with Gasteiger partial charge in [0.1, 0.15) is 17.1 Å².